The summed E-state index contributed by atoms with van der Waals surface area (Å²) in [7, 11) is 0. The van der Waals surface area contributed by atoms with Gasteiger partial charge >= 0.3 is 5.30 Å². The maximum atomic E-state index is 11.2. The molecule has 0 aliphatic rings. The maximum absolute atomic E-state index is 11.2. The van der Waals surface area contributed by atoms with Crippen molar-refractivity contribution in [2.75, 3.05) is 11.9 Å². The number of thiocarbonyl (C=S) groups is 1. The number of anilines is 1. The number of nitrogens with one attached hydrogen (secondary N) is 1. The molecule has 6 heteroatoms. The number of carbonyl (C=O) groups is 1. The number of benzene rings is 1. The molecule has 17 heavy (non-hydrogen) atoms. The Morgan fingerprint density at radius 2 is 2.29 bits per heavy atom. The predicted octanol–water partition coefficient (Wildman–Crippen LogP) is 4.23. The van der Waals surface area contributed by atoms with E-state index in [9.17, 15) is 4.79 Å². The van der Waals surface area contributed by atoms with Crippen molar-refractivity contribution >= 4 is 50.9 Å². The zero-order chi connectivity index (χ0) is 12.8. The van der Waals surface area contributed by atoms with Crippen LogP contribution >= 0.6 is 35.6 Å². The molecule has 1 rings (SSSR count). The van der Waals surface area contributed by atoms with Crippen molar-refractivity contribution in [2.24, 2.45) is 0 Å². The van der Waals surface area contributed by atoms with Crippen LogP contribution in [0.2, 0.25) is 5.02 Å². The Bertz CT molecular complexity index is 437. The minimum Gasteiger partial charge on any atom is -0.458 e. The first-order valence-corrected chi connectivity index (χ1v) is 6.55. The molecule has 0 heterocycles. The van der Waals surface area contributed by atoms with Gasteiger partial charge in [0, 0.05) is 22.5 Å². The molecule has 0 unspecified atom stereocenters. The van der Waals surface area contributed by atoms with Crippen LogP contribution < -0.4 is 5.32 Å². The van der Waals surface area contributed by atoms with Gasteiger partial charge in [-0.25, -0.2) is 4.79 Å². The van der Waals surface area contributed by atoms with Crippen molar-refractivity contribution in [1.82, 2.24) is 0 Å². The Kier molecular flexibility index (Phi) is 5.74. The van der Waals surface area contributed by atoms with Crippen LogP contribution in [0.1, 0.15) is 12.5 Å². The lowest BCUT2D eigenvalue weighted by Gasteiger charge is -2.08. The maximum Gasteiger partial charge on any atom is 0.374 e. The normalized spacial score (nSPS) is 9.82. The molecule has 1 N–H and O–H groups in total. The molecule has 0 spiro atoms. The van der Waals surface area contributed by atoms with Crippen LogP contribution in [0.3, 0.4) is 0 Å². The second kappa shape index (κ2) is 6.83. The van der Waals surface area contributed by atoms with Crippen molar-refractivity contribution < 1.29 is 9.53 Å². The first-order valence-electron chi connectivity index (χ1n) is 4.94. The van der Waals surface area contributed by atoms with E-state index in [0.717, 1.165) is 23.0 Å². The highest BCUT2D eigenvalue weighted by molar-refractivity contribution is 8.32. The number of hydrogen-bond donors (Lipinski definition) is 1. The second-order valence-corrected chi connectivity index (χ2v) is 5.18. The molecule has 1 aromatic carbocycles. The highest BCUT2D eigenvalue weighted by Gasteiger charge is 2.08. The Hall–Kier alpha value is -0.780. The third-order valence-corrected chi connectivity index (χ3v) is 3.19. The molecule has 1 aromatic rings. The zero-order valence-corrected chi connectivity index (χ0v) is 11.8. The third-order valence-electron chi connectivity index (χ3n) is 1.84. The van der Waals surface area contributed by atoms with Gasteiger partial charge in [0.05, 0.1) is 6.61 Å². The van der Waals surface area contributed by atoms with Gasteiger partial charge in [-0.2, -0.15) is 0 Å². The van der Waals surface area contributed by atoms with Gasteiger partial charge in [-0.05, 0) is 37.6 Å². The summed E-state index contributed by atoms with van der Waals surface area (Å²) < 4.78 is 5.12. The van der Waals surface area contributed by atoms with Gasteiger partial charge in [-0.15, -0.1) is 0 Å². The first kappa shape index (κ1) is 14.3. The van der Waals surface area contributed by atoms with Gasteiger partial charge in [-0.3, -0.25) is 0 Å². The van der Waals surface area contributed by atoms with Gasteiger partial charge in [0.25, 0.3) is 0 Å². The molecule has 0 aromatic heterocycles. The van der Waals surface area contributed by atoms with Crippen LogP contribution in [-0.2, 0) is 4.74 Å². The van der Waals surface area contributed by atoms with E-state index in [1.54, 1.807) is 19.1 Å². The van der Waals surface area contributed by atoms with Crippen LogP contribution in [0, 0.1) is 6.92 Å². The standard InChI is InChI=1S/C11H12ClNO2S2/c1-3-15-11(14)17-10(16)13-8-4-5-9(12)7(2)6-8/h4-6H,3H2,1-2H3,(H,13,16). The number of thioether (sulfide) groups is 1. The van der Waals surface area contributed by atoms with E-state index in [4.69, 9.17) is 28.6 Å². The summed E-state index contributed by atoms with van der Waals surface area (Å²) in [6.07, 6.45) is 0. The minimum absolute atomic E-state index is 0.342. The fourth-order valence-corrected chi connectivity index (χ4v) is 2.03. The van der Waals surface area contributed by atoms with Gasteiger partial charge in [0.15, 0.2) is 0 Å². The Balaban J connectivity index is 2.56. The topological polar surface area (TPSA) is 38.3 Å². The van der Waals surface area contributed by atoms with E-state index in [2.05, 4.69) is 5.32 Å². The van der Waals surface area contributed by atoms with Gasteiger partial charge in [-0.1, -0.05) is 23.8 Å². The average Bonchev–Trinajstić information content (AvgIpc) is 2.23. The van der Waals surface area contributed by atoms with Crippen LogP contribution in [0.15, 0.2) is 18.2 Å². The van der Waals surface area contributed by atoms with E-state index in [1.807, 2.05) is 13.0 Å². The Labute approximate surface area is 115 Å². The lowest BCUT2D eigenvalue weighted by Crippen LogP contribution is -2.09. The number of carbonyl (C=O) groups excluding carboxylic acids is 1. The molecule has 0 saturated carbocycles. The van der Waals surface area contributed by atoms with Gasteiger partial charge in [0.1, 0.15) is 4.32 Å². The lowest BCUT2D eigenvalue weighted by molar-refractivity contribution is 0.182. The summed E-state index contributed by atoms with van der Waals surface area (Å²) in [6.45, 7) is 3.99. The smallest absolute Gasteiger partial charge is 0.374 e. The quantitative estimate of drug-likeness (QED) is 0.651. The highest BCUT2D eigenvalue weighted by atomic mass is 35.5. The van der Waals surface area contributed by atoms with Gasteiger partial charge < -0.3 is 10.1 Å². The molecule has 0 atom stereocenters. The third kappa shape index (κ3) is 4.93. The number of ether oxygens (including phenoxy) is 1. The van der Waals surface area contributed by atoms with Crippen molar-refractivity contribution in [3.63, 3.8) is 0 Å². The van der Waals surface area contributed by atoms with Crippen LogP contribution in [-0.4, -0.2) is 16.2 Å². The number of hydrogen-bond acceptors (Lipinski definition) is 4. The fourth-order valence-electron chi connectivity index (χ4n) is 1.09. The van der Waals surface area contributed by atoms with Crippen LogP contribution in [0.4, 0.5) is 10.5 Å². The zero-order valence-electron chi connectivity index (χ0n) is 9.45. The molecule has 0 radical (unpaired) electrons. The summed E-state index contributed by atoms with van der Waals surface area (Å²) in [5, 5.41) is 3.22. The molecule has 0 fully saturated rings. The SMILES string of the molecule is CCOC(=O)SC(=S)Nc1ccc(Cl)c(C)c1. The largest absolute Gasteiger partial charge is 0.458 e. The summed E-state index contributed by atoms with van der Waals surface area (Å²) in [4.78, 5) is 11.2. The van der Waals surface area contributed by atoms with Crippen molar-refractivity contribution in [1.29, 1.82) is 0 Å². The Morgan fingerprint density at radius 1 is 1.59 bits per heavy atom. The molecule has 0 bridgehead atoms. The van der Waals surface area contributed by atoms with E-state index >= 15 is 0 Å². The molecule has 0 amide bonds. The molecule has 0 aliphatic heterocycles. The van der Waals surface area contributed by atoms with Crippen molar-refractivity contribution in [2.45, 2.75) is 13.8 Å². The molecule has 3 nitrogen and oxygen atoms in total. The molecule has 0 saturated heterocycles. The average molecular weight is 290 g/mol. The van der Waals surface area contributed by atoms with E-state index < -0.39 is 5.30 Å². The van der Waals surface area contributed by atoms with E-state index in [0.29, 0.717) is 16.0 Å². The summed E-state index contributed by atoms with van der Waals surface area (Å²) in [6, 6.07) is 5.44. The van der Waals surface area contributed by atoms with Gasteiger partial charge in [0.2, 0.25) is 0 Å². The number of halogens is 1. The Morgan fingerprint density at radius 3 is 2.88 bits per heavy atom. The minimum atomic E-state index is -0.407. The van der Waals surface area contributed by atoms with Crippen LogP contribution in [0.25, 0.3) is 0 Å². The summed E-state index contributed by atoms with van der Waals surface area (Å²) in [5.74, 6) is 0. The van der Waals surface area contributed by atoms with E-state index in [-0.39, 0.29) is 0 Å². The number of rotatable bonds is 2. The lowest BCUT2D eigenvalue weighted by atomic mass is 10.2. The summed E-state index contributed by atoms with van der Waals surface area (Å²) >= 11 is 11.8. The molecular formula is C11H12ClNO2S2. The van der Waals surface area contributed by atoms with Crippen LogP contribution in [0.5, 0.6) is 0 Å². The monoisotopic (exact) mass is 289 g/mol. The second-order valence-electron chi connectivity index (χ2n) is 3.16. The van der Waals surface area contributed by atoms with Crippen molar-refractivity contribution in [3.05, 3.63) is 28.8 Å². The first-order chi connectivity index (χ1) is 8.02. The molecular weight excluding hydrogens is 278 g/mol. The molecule has 92 valence electrons. The molecule has 0 aliphatic carbocycles. The van der Waals surface area contributed by atoms with E-state index in [1.165, 1.54) is 0 Å². The predicted molar refractivity (Wildman–Crippen MR) is 77.0 cm³/mol. The summed E-state index contributed by atoms with van der Waals surface area (Å²) in [5.41, 5.74) is 1.74. The van der Waals surface area contributed by atoms with Crippen molar-refractivity contribution in [3.8, 4) is 0 Å². The fraction of sp³-hybridized carbons (Fsp3) is 0.273. The highest BCUT2D eigenvalue weighted by Crippen LogP contribution is 2.21. The number of aryl methyl sites for hydroxylation is 1.